The number of amides is 1. The van der Waals surface area contributed by atoms with Crippen molar-refractivity contribution in [1.29, 1.82) is 0 Å². The third kappa shape index (κ3) is 18.9. The number of sulfone groups is 1. The summed E-state index contributed by atoms with van der Waals surface area (Å²) >= 11 is 0. The second-order valence-electron chi connectivity index (χ2n) is 23.2. The summed E-state index contributed by atoms with van der Waals surface area (Å²) in [7, 11) is 1.92. The lowest BCUT2D eigenvalue weighted by Crippen LogP contribution is -2.39. The van der Waals surface area contributed by atoms with E-state index in [0.29, 0.717) is 98.5 Å². The van der Waals surface area contributed by atoms with Crippen LogP contribution in [0.5, 0.6) is 11.5 Å². The van der Waals surface area contributed by atoms with Crippen molar-refractivity contribution in [3.8, 4) is 22.8 Å². The lowest BCUT2D eigenvalue weighted by Gasteiger charge is -2.33. The molecule has 5 N–H and O–H groups in total. The number of benzene rings is 5. The molecule has 0 bridgehead atoms. The lowest BCUT2D eigenvalue weighted by atomic mass is 9.90. The van der Waals surface area contributed by atoms with Crippen molar-refractivity contribution in [2.24, 2.45) is 0 Å². The van der Waals surface area contributed by atoms with E-state index >= 15 is 4.39 Å². The number of aromatic nitrogens is 4. The molecule has 9 rings (SSSR count). The van der Waals surface area contributed by atoms with E-state index in [9.17, 15) is 31.5 Å². The molecule has 2 saturated carbocycles. The van der Waals surface area contributed by atoms with Crippen molar-refractivity contribution in [3.63, 3.8) is 0 Å². The van der Waals surface area contributed by atoms with E-state index in [1.54, 1.807) is 23.0 Å². The molecule has 2 aliphatic carbocycles. The molecule has 2 heterocycles. The molecular weight excluding hydrogens is 1190 g/mol. The highest BCUT2D eigenvalue weighted by Crippen LogP contribution is 2.38. The third-order valence-corrected chi connectivity index (χ3v) is 18.0. The van der Waals surface area contributed by atoms with Crippen molar-refractivity contribution < 1.29 is 64.3 Å². The van der Waals surface area contributed by atoms with Crippen LogP contribution in [0.2, 0.25) is 0 Å². The molecule has 486 valence electrons. The van der Waals surface area contributed by atoms with Crippen LogP contribution in [-0.4, -0.2) is 147 Å². The second kappa shape index (κ2) is 31.6. The number of methoxy groups -OCH3 is 1. The Morgan fingerprint density at radius 2 is 1.49 bits per heavy atom. The molecule has 0 radical (unpaired) electrons. The van der Waals surface area contributed by atoms with Crippen LogP contribution in [-0.2, 0) is 55.0 Å². The molecule has 5 aromatic carbocycles. The summed E-state index contributed by atoms with van der Waals surface area (Å²) in [5.74, 6) is -0.949. The van der Waals surface area contributed by atoms with Gasteiger partial charge in [0.25, 0.3) is 5.91 Å². The Labute approximate surface area is 523 Å². The van der Waals surface area contributed by atoms with Gasteiger partial charge in [-0.3, -0.25) is 4.79 Å². The van der Waals surface area contributed by atoms with Crippen LogP contribution >= 0.6 is 0 Å². The molecule has 7 aromatic rings. The van der Waals surface area contributed by atoms with Crippen molar-refractivity contribution in [1.82, 2.24) is 29.8 Å². The number of ether oxygens (including phenoxy) is 6. The zero-order valence-electron chi connectivity index (χ0n) is 51.6. The number of halogens is 4. The van der Waals surface area contributed by atoms with E-state index in [-0.39, 0.29) is 72.3 Å². The molecule has 0 aliphatic heterocycles. The SMILES string of the molecule is COc1cc(S(=O)(=O)CCOCCOCCOCCn2cc(COC3CCC(NC(=O)c4cc(F)c(NC(C)O)c(O[C@@H](C)c5ccccc5)c4)CC3)nn2)ccc1NCc1ccc(-c2cc3c(NC4CCC(N(C)C)CC4)cccc3n2CC(F)(F)F)cc1. The van der Waals surface area contributed by atoms with Crippen molar-refractivity contribution in [2.45, 2.75) is 139 Å². The molecule has 90 heavy (non-hydrogen) atoms. The van der Waals surface area contributed by atoms with Crippen LogP contribution in [0.1, 0.15) is 98.5 Å². The number of alkyl halides is 3. The summed E-state index contributed by atoms with van der Waals surface area (Å²) in [5.41, 5.74) is 5.50. The average Bonchev–Trinajstić information content (AvgIpc) is 1.62. The lowest BCUT2D eigenvalue weighted by molar-refractivity contribution is -0.139. The molecule has 19 nitrogen and oxygen atoms in total. The fourth-order valence-corrected chi connectivity index (χ4v) is 12.6. The van der Waals surface area contributed by atoms with Crippen LogP contribution in [0, 0.1) is 5.82 Å². The molecule has 1 amide bonds. The number of hydrogen-bond donors (Lipinski definition) is 5. The Morgan fingerprint density at radius 1 is 0.789 bits per heavy atom. The monoisotopic (exact) mass is 1270 g/mol. The van der Waals surface area contributed by atoms with Gasteiger partial charge in [0.2, 0.25) is 0 Å². The van der Waals surface area contributed by atoms with Gasteiger partial charge in [-0.15, -0.1) is 5.10 Å². The third-order valence-electron chi connectivity index (χ3n) is 16.3. The Hall–Kier alpha value is -7.32. The van der Waals surface area contributed by atoms with E-state index in [4.69, 9.17) is 28.4 Å². The van der Waals surface area contributed by atoms with E-state index in [0.717, 1.165) is 54.0 Å². The molecule has 0 saturated heterocycles. The molecule has 2 aliphatic rings. The fraction of sp³-hybridized carbons (Fsp3) is 0.470. The quantitative estimate of drug-likeness (QED) is 0.0151. The van der Waals surface area contributed by atoms with Gasteiger partial charge in [-0.05, 0) is 138 Å². The van der Waals surface area contributed by atoms with Gasteiger partial charge in [-0.2, -0.15) is 13.2 Å². The number of anilines is 3. The van der Waals surface area contributed by atoms with E-state index in [1.165, 1.54) is 36.8 Å². The van der Waals surface area contributed by atoms with Gasteiger partial charge in [-0.1, -0.05) is 65.9 Å². The van der Waals surface area contributed by atoms with Crippen molar-refractivity contribution >= 4 is 43.7 Å². The molecule has 2 aromatic heterocycles. The number of rotatable bonds is 32. The van der Waals surface area contributed by atoms with Gasteiger partial charge in [0.15, 0.2) is 15.7 Å². The van der Waals surface area contributed by atoms with Crippen LogP contribution in [0.25, 0.3) is 22.2 Å². The predicted molar refractivity (Wildman–Crippen MR) is 337 cm³/mol. The first-order chi connectivity index (χ1) is 43.3. The summed E-state index contributed by atoms with van der Waals surface area (Å²) in [6, 6.07) is 32.0. The van der Waals surface area contributed by atoms with Crippen LogP contribution in [0.4, 0.5) is 34.6 Å². The number of fused-ring (bicyclic) bond motifs is 1. The van der Waals surface area contributed by atoms with Crippen LogP contribution in [0.3, 0.4) is 0 Å². The van der Waals surface area contributed by atoms with Crippen LogP contribution in [0.15, 0.2) is 120 Å². The topological polar surface area (TPSA) is 214 Å². The fourth-order valence-electron chi connectivity index (χ4n) is 11.4. The first-order valence-corrected chi connectivity index (χ1v) is 32.3. The van der Waals surface area contributed by atoms with E-state index < -0.39 is 46.6 Å². The highest BCUT2D eigenvalue weighted by atomic mass is 32.2. The van der Waals surface area contributed by atoms with Gasteiger partial charge in [0.05, 0.1) is 94.1 Å². The Balaban J connectivity index is 0.633. The van der Waals surface area contributed by atoms with Gasteiger partial charge < -0.3 is 64.3 Å². The summed E-state index contributed by atoms with van der Waals surface area (Å²) in [5, 5.41) is 31.8. The number of carbonyl (C=O) groups is 1. The van der Waals surface area contributed by atoms with E-state index in [1.807, 2.05) is 79.7 Å². The van der Waals surface area contributed by atoms with Crippen molar-refractivity contribution in [3.05, 3.63) is 144 Å². The number of hydrogen-bond acceptors (Lipinski definition) is 16. The van der Waals surface area contributed by atoms with Gasteiger partial charge in [-0.25, -0.2) is 17.5 Å². The number of nitrogens with one attached hydrogen (secondary N) is 4. The maximum Gasteiger partial charge on any atom is 0.406 e. The second-order valence-corrected chi connectivity index (χ2v) is 25.3. The highest BCUT2D eigenvalue weighted by Gasteiger charge is 2.32. The predicted octanol–water partition coefficient (Wildman–Crippen LogP) is 11.2. The molecule has 2 atom stereocenters. The van der Waals surface area contributed by atoms with E-state index in [2.05, 4.69) is 50.6 Å². The number of aliphatic hydroxyl groups excluding tert-OH is 1. The molecular formula is C66H83F4N9O10S. The Bertz CT molecular complexity index is 3540. The number of nitrogens with zero attached hydrogens (tertiary/aromatic N) is 5. The molecule has 1 unspecified atom stereocenters. The normalized spacial score (nSPS) is 17.9. The zero-order valence-corrected chi connectivity index (χ0v) is 52.5. The Morgan fingerprint density at radius 3 is 2.18 bits per heavy atom. The smallest absolute Gasteiger partial charge is 0.406 e. The van der Waals surface area contributed by atoms with Gasteiger partial charge >= 0.3 is 6.18 Å². The summed E-state index contributed by atoms with van der Waals surface area (Å²) in [6.45, 7) is 4.65. The summed E-state index contributed by atoms with van der Waals surface area (Å²) in [4.78, 5) is 15.7. The average molecular weight is 1270 g/mol. The number of carbonyl (C=O) groups excluding carboxylic acids is 1. The summed E-state index contributed by atoms with van der Waals surface area (Å²) < 4.78 is 122. The molecule has 2 fully saturated rings. The molecule has 24 heteroatoms. The standard InChI is InChI=1S/C66H83F4N9O10S/c1-44(47-10-7-6-8-11-47)89-63-37-49(36-57(67)64(63)72-45(2)80)65(81)74-51-20-24-54(25-21-51)88-42-52-41-78(76-75-52)28-29-85-30-31-86-32-33-87-34-35-90(82,83)55-26-27-59(62(38-55)84-5)71-40-46-14-16-48(17-15-46)61-39-56-58(73-50-18-22-53(23-19-50)77(3)4)12-9-13-60(56)79(61)43-66(68,69)70/h6-17,26-27,36-39,41,44-45,50-51,53-54,71-73,80H,18-25,28-35,40,42-43H2,1-5H3,(H,74,81)/t44-,45?,50?,51?,53?,54?/m0/s1. The van der Waals surface area contributed by atoms with Gasteiger partial charge in [0.1, 0.15) is 41.8 Å². The number of aliphatic hydroxyl groups is 1. The Kier molecular flexibility index (Phi) is 23.6. The zero-order chi connectivity index (χ0) is 63.8. The van der Waals surface area contributed by atoms with Gasteiger partial charge in [0, 0.05) is 53.1 Å². The first kappa shape index (κ1) is 67.1. The minimum atomic E-state index is -4.43. The maximum absolute atomic E-state index is 15.4. The first-order valence-electron chi connectivity index (χ1n) is 30.7. The minimum absolute atomic E-state index is 0.0284. The summed E-state index contributed by atoms with van der Waals surface area (Å²) in [6.07, 6.45) is 2.70. The van der Waals surface area contributed by atoms with Crippen molar-refractivity contribution in [2.75, 3.05) is 82.5 Å². The van der Waals surface area contributed by atoms with Crippen LogP contribution < -0.4 is 30.7 Å². The highest BCUT2D eigenvalue weighted by molar-refractivity contribution is 7.91. The maximum atomic E-state index is 15.4. The largest absolute Gasteiger partial charge is 0.495 e. The minimum Gasteiger partial charge on any atom is -0.495 e. The molecule has 0 spiro atoms.